The second-order valence-electron chi connectivity index (χ2n) is 5.57. The van der Waals surface area contributed by atoms with Crippen LogP contribution in [0, 0.1) is 5.92 Å². The molecule has 1 aliphatic heterocycles. The van der Waals surface area contributed by atoms with Gasteiger partial charge in [0.2, 0.25) is 0 Å². The lowest BCUT2D eigenvalue weighted by Gasteiger charge is -2.30. The maximum Gasteiger partial charge on any atom is 0.350 e. The van der Waals surface area contributed by atoms with E-state index in [4.69, 9.17) is 4.74 Å². The van der Waals surface area contributed by atoms with Crippen molar-refractivity contribution in [3.63, 3.8) is 0 Å². The number of carbonyl (C=O) groups is 1. The summed E-state index contributed by atoms with van der Waals surface area (Å²) in [6, 6.07) is 0. The summed E-state index contributed by atoms with van der Waals surface area (Å²) in [5.41, 5.74) is 0.546. The van der Waals surface area contributed by atoms with E-state index in [9.17, 15) is 4.79 Å². The van der Waals surface area contributed by atoms with Crippen LogP contribution in [0.25, 0.3) is 11.5 Å². The highest BCUT2D eigenvalue weighted by atomic mass is 32.1. The molecule has 2 aromatic rings. The highest BCUT2D eigenvalue weighted by molar-refractivity contribution is 7.17. The lowest BCUT2D eigenvalue weighted by Crippen LogP contribution is -2.34. The van der Waals surface area contributed by atoms with E-state index in [1.54, 1.807) is 11.7 Å². The van der Waals surface area contributed by atoms with Crippen LogP contribution in [-0.4, -0.2) is 45.9 Å². The van der Waals surface area contributed by atoms with Crippen LogP contribution in [0.3, 0.4) is 0 Å². The minimum Gasteiger partial charge on any atom is -0.465 e. The summed E-state index contributed by atoms with van der Waals surface area (Å²) in [6.45, 7) is 4.17. The maximum absolute atomic E-state index is 12.1. The van der Waals surface area contributed by atoms with Crippen LogP contribution >= 0.6 is 11.3 Å². The number of hydrogen-bond acceptors (Lipinski definition) is 7. The first-order valence-corrected chi connectivity index (χ1v) is 8.10. The summed E-state index contributed by atoms with van der Waals surface area (Å²) in [4.78, 5) is 23.7. The molecule has 1 fully saturated rings. The molecule has 0 saturated carbocycles. The van der Waals surface area contributed by atoms with Crippen molar-refractivity contribution in [3.8, 4) is 11.5 Å². The second-order valence-corrected chi connectivity index (χ2v) is 6.54. The van der Waals surface area contributed by atoms with Gasteiger partial charge in [0.15, 0.2) is 11.0 Å². The van der Waals surface area contributed by atoms with Crippen molar-refractivity contribution in [3.05, 3.63) is 11.2 Å². The lowest BCUT2D eigenvalue weighted by atomic mass is 10.0. The zero-order valence-electron chi connectivity index (χ0n) is 12.9. The monoisotopic (exact) mass is 321 g/mol. The predicted octanol–water partition coefficient (Wildman–Crippen LogP) is 1.96. The Labute approximate surface area is 132 Å². The van der Waals surface area contributed by atoms with E-state index >= 15 is 0 Å². The van der Waals surface area contributed by atoms with E-state index in [1.807, 2.05) is 0 Å². The summed E-state index contributed by atoms with van der Waals surface area (Å²) in [5, 5.41) is 4.91. The van der Waals surface area contributed by atoms with Crippen molar-refractivity contribution < 1.29 is 9.53 Å². The summed E-state index contributed by atoms with van der Waals surface area (Å²) in [7, 11) is 3.16. The van der Waals surface area contributed by atoms with Gasteiger partial charge < -0.3 is 9.64 Å². The number of esters is 1. The molecule has 1 saturated heterocycles. The highest BCUT2D eigenvalue weighted by Crippen LogP contribution is 2.34. The zero-order chi connectivity index (χ0) is 15.7. The van der Waals surface area contributed by atoms with E-state index in [2.05, 4.69) is 26.9 Å². The number of carbonyl (C=O) groups excluding carboxylic acids is 1. The third kappa shape index (κ3) is 2.70. The Morgan fingerprint density at radius 1 is 1.50 bits per heavy atom. The normalized spacial score (nSPS) is 18.5. The van der Waals surface area contributed by atoms with Crippen LogP contribution in [0.5, 0.6) is 0 Å². The first-order chi connectivity index (χ1) is 10.6. The van der Waals surface area contributed by atoms with Crippen LogP contribution in [0.4, 0.5) is 5.13 Å². The number of thiazole rings is 1. The summed E-state index contributed by atoms with van der Waals surface area (Å²) in [5.74, 6) is 0.831. The average Bonchev–Trinajstić information content (AvgIpc) is 3.12. The van der Waals surface area contributed by atoms with Gasteiger partial charge in [-0.1, -0.05) is 18.3 Å². The van der Waals surface area contributed by atoms with Crippen molar-refractivity contribution in [2.45, 2.75) is 19.8 Å². The van der Waals surface area contributed by atoms with Crippen LogP contribution < -0.4 is 4.90 Å². The molecular weight excluding hydrogens is 302 g/mol. The quantitative estimate of drug-likeness (QED) is 0.805. The van der Waals surface area contributed by atoms with Crippen molar-refractivity contribution in [2.75, 3.05) is 25.1 Å². The van der Waals surface area contributed by atoms with Gasteiger partial charge in [0.25, 0.3) is 0 Å². The van der Waals surface area contributed by atoms with Gasteiger partial charge in [-0.15, -0.1) is 0 Å². The molecule has 3 heterocycles. The molecule has 118 valence electrons. The fraction of sp³-hybridized carbons (Fsp3) is 0.571. The zero-order valence-corrected chi connectivity index (χ0v) is 13.8. The number of methoxy groups -OCH3 is 1. The first-order valence-electron chi connectivity index (χ1n) is 7.28. The fourth-order valence-corrected chi connectivity index (χ4v) is 3.72. The van der Waals surface area contributed by atoms with E-state index in [1.165, 1.54) is 31.2 Å². The van der Waals surface area contributed by atoms with Crippen molar-refractivity contribution >= 4 is 22.4 Å². The van der Waals surface area contributed by atoms with Gasteiger partial charge in [-0.05, 0) is 18.8 Å². The average molecular weight is 321 g/mol. The molecule has 0 spiro atoms. The molecule has 1 unspecified atom stereocenters. The number of piperidine rings is 1. The first kappa shape index (κ1) is 15.0. The molecule has 22 heavy (non-hydrogen) atoms. The molecule has 8 heteroatoms. The molecular formula is C14H19N5O2S. The minimum atomic E-state index is -0.383. The van der Waals surface area contributed by atoms with Crippen LogP contribution in [0.2, 0.25) is 0 Å². The van der Waals surface area contributed by atoms with E-state index in [0.29, 0.717) is 22.3 Å². The molecule has 0 N–H and O–H groups in total. The van der Waals surface area contributed by atoms with Crippen molar-refractivity contribution in [1.82, 2.24) is 19.7 Å². The Hall–Kier alpha value is -1.96. The molecule has 0 aliphatic carbocycles. The van der Waals surface area contributed by atoms with Gasteiger partial charge in [-0.25, -0.2) is 19.4 Å². The Bertz CT molecular complexity index is 681. The largest absolute Gasteiger partial charge is 0.465 e. The van der Waals surface area contributed by atoms with Gasteiger partial charge in [0, 0.05) is 20.1 Å². The lowest BCUT2D eigenvalue weighted by molar-refractivity contribution is 0.0607. The second kappa shape index (κ2) is 6.04. The third-order valence-electron chi connectivity index (χ3n) is 3.84. The van der Waals surface area contributed by atoms with E-state index in [0.717, 1.165) is 24.6 Å². The summed E-state index contributed by atoms with van der Waals surface area (Å²) in [6.07, 6.45) is 3.84. The van der Waals surface area contributed by atoms with Crippen molar-refractivity contribution in [1.29, 1.82) is 0 Å². The van der Waals surface area contributed by atoms with Gasteiger partial charge in [0.1, 0.15) is 16.9 Å². The van der Waals surface area contributed by atoms with Gasteiger partial charge in [0.05, 0.1) is 7.11 Å². The number of aryl methyl sites for hydroxylation is 1. The molecule has 0 aromatic carbocycles. The Morgan fingerprint density at radius 3 is 2.95 bits per heavy atom. The number of nitrogens with zero attached hydrogens (tertiary/aromatic N) is 5. The maximum atomic E-state index is 12.1. The van der Waals surface area contributed by atoms with Crippen LogP contribution in [-0.2, 0) is 11.8 Å². The molecule has 1 atom stereocenters. The van der Waals surface area contributed by atoms with Crippen molar-refractivity contribution in [2.24, 2.45) is 13.0 Å². The van der Waals surface area contributed by atoms with Crippen LogP contribution in [0.15, 0.2) is 6.33 Å². The number of hydrogen-bond donors (Lipinski definition) is 0. The van der Waals surface area contributed by atoms with Crippen LogP contribution in [0.1, 0.15) is 29.4 Å². The molecule has 3 rings (SSSR count). The molecule has 0 bridgehead atoms. The Balaban J connectivity index is 2.01. The number of aromatic nitrogens is 4. The number of ether oxygens (including phenoxy) is 1. The standard InChI is InChI=1S/C14H19N5O2S/c1-9-5-4-6-19(7-9)14-17-10(11(22-14)13(20)21-3)12-15-8-16-18(12)2/h8-9H,4-7H2,1-3H3. The number of rotatable bonds is 3. The predicted molar refractivity (Wildman–Crippen MR) is 84.1 cm³/mol. The van der Waals surface area contributed by atoms with Gasteiger partial charge >= 0.3 is 5.97 Å². The molecule has 1 aliphatic rings. The summed E-state index contributed by atoms with van der Waals surface area (Å²) < 4.78 is 6.51. The smallest absolute Gasteiger partial charge is 0.350 e. The number of anilines is 1. The Kier molecular flexibility index (Phi) is 4.10. The topological polar surface area (TPSA) is 73.1 Å². The van der Waals surface area contributed by atoms with E-state index < -0.39 is 0 Å². The fourth-order valence-electron chi connectivity index (χ4n) is 2.70. The van der Waals surface area contributed by atoms with Gasteiger partial charge in [-0.2, -0.15) is 5.10 Å². The van der Waals surface area contributed by atoms with E-state index in [-0.39, 0.29) is 5.97 Å². The molecule has 7 nitrogen and oxygen atoms in total. The SMILES string of the molecule is COC(=O)c1sc(N2CCCC(C)C2)nc1-c1ncnn1C. The molecule has 0 amide bonds. The highest BCUT2D eigenvalue weighted by Gasteiger charge is 2.27. The molecule has 0 radical (unpaired) electrons. The third-order valence-corrected chi connectivity index (χ3v) is 4.93. The molecule has 2 aromatic heterocycles. The Morgan fingerprint density at radius 2 is 2.32 bits per heavy atom. The summed E-state index contributed by atoms with van der Waals surface area (Å²) >= 11 is 1.37. The minimum absolute atomic E-state index is 0.383. The van der Waals surface area contributed by atoms with Gasteiger partial charge in [-0.3, -0.25) is 0 Å².